The van der Waals surface area contributed by atoms with E-state index in [0.717, 1.165) is 5.56 Å². The fourth-order valence-corrected chi connectivity index (χ4v) is 2.98. The number of nitrogens with one attached hydrogen (secondary N) is 3. The SMILES string of the molecule is CNC(=O)Cc1ccc(NS(=O)(=O)c2cn[nH]c2C)cc1. The van der Waals surface area contributed by atoms with E-state index in [1.54, 1.807) is 38.2 Å². The van der Waals surface area contributed by atoms with Gasteiger partial charge in [0, 0.05) is 12.7 Å². The minimum Gasteiger partial charge on any atom is -0.359 e. The molecule has 8 heteroatoms. The minimum absolute atomic E-state index is 0.0997. The summed E-state index contributed by atoms with van der Waals surface area (Å²) in [5.74, 6) is -0.0997. The number of H-pyrrole nitrogens is 1. The first-order valence-corrected chi connectivity index (χ1v) is 7.73. The van der Waals surface area contributed by atoms with Crippen molar-refractivity contribution >= 4 is 21.6 Å². The molecule has 21 heavy (non-hydrogen) atoms. The van der Waals surface area contributed by atoms with E-state index in [1.165, 1.54) is 6.20 Å². The molecule has 7 nitrogen and oxygen atoms in total. The fourth-order valence-electron chi connectivity index (χ4n) is 1.79. The van der Waals surface area contributed by atoms with Crippen LogP contribution in [0, 0.1) is 6.92 Å². The maximum absolute atomic E-state index is 12.2. The maximum Gasteiger partial charge on any atom is 0.265 e. The van der Waals surface area contributed by atoms with Crippen LogP contribution in [0.15, 0.2) is 35.4 Å². The summed E-state index contributed by atoms with van der Waals surface area (Å²) < 4.78 is 26.8. The third kappa shape index (κ3) is 3.60. The van der Waals surface area contributed by atoms with Gasteiger partial charge in [-0.25, -0.2) is 8.42 Å². The number of aromatic amines is 1. The second-order valence-corrected chi connectivity index (χ2v) is 6.16. The second kappa shape index (κ2) is 5.96. The summed E-state index contributed by atoms with van der Waals surface area (Å²) in [6.07, 6.45) is 1.52. The van der Waals surface area contributed by atoms with Crippen LogP contribution in [-0.2, 0) is 21.2 Å². The number of amides is 1. The first kappa shape index (κ1) is 15.0. The number of nitrogens with zero attached hydrogens (tertiary/aromatic N) is 1. The topological polar surface area (TPSA) is 104 Å². The lowest BCUT2D eigenvalue weighted by molar-refractivity contribution is -0.119. The van der Waals surface area contributed by atoms with Crippen LogP contribution in [0.1, 0.15) is 11.3 Å². The highest BCUT2D eigenvalue weighted by molar-refractivity contribution is 7.92. The van der Waals surface area contributed by atoms with Gasteiger partial charge in [0.25, 0.3) is 10.0 Å². The standard InChI is InChI=1S/C13H16N4O3S/c1-9-12(8-15-16-9)21(19,20)17-11-5-3-10(4-6-11)7-13(18)14-2/h3-6,8,17H,7H2,1-2H3,(H,14,18)(H,15,16). The van der Waals surface area contributed by atoms with E-state index in [1.807, 2.05) is 0 Å². The maximum atomic E-state index is 12.2. The van der Waals surface area contributed by atoms with E-state index in [0.29, 0.717) is 11.4 Å². The van der Waals surface area contributed by atoms with Gasteiger partial charge in [-0.3, -0.25) is 14.6 Å². The molecule has 112 valence electrons. The number of hydrogen-bond acceptors (Lipinski definition) is 4. The monoisotopic (exact) mass is 308 g/mol. The Morgan fingerprint density at radius 1 is 1.29 bits per heavy atom. The van der Waals surface area contributed by atoms with Crippen molar-refractivity contribution in [1.82, 2.24) is 15.5 Å². The zero-order valence-corrected chi connectivity index (χ0v) is 12.5. The lowest BCUT2D eigenvalue weighted by atomic mass is 10.1. The molecule has 0 radical (unpaired) electrons. The number of aryl methyl sites for hydroxylation is 1. The van der Waals surface area contributed by atoms with Crippen molar-refractivity contribution < 1.29 is 13.2 Å². The first-order chi connectivity index (χ1) is 9.92. The molecule has 1 aromatic heterocycles. The van der Waals surface area contributed by atoms with Crippen LogP contribution < -0.4 is 10.0 Å². The number of hydrogen-bond donors (Lipinski definition) is 3. The summed E-state index contributed by atoms with van der Waals surface area (Å²) in [6.45, 7) is 1.63. The van der Waals surface area contributed by atoms with Crippen molar-refractivity contribution in [3.05, 3.63) is 41.7 Å². The van der Waals surface area contributed by atoms with E-state index >= 15 is 0 Å². The Bertz CT molecular complexity index is 735. The molecular weight excluding hydrogens is 292 g/mol. The van der Waals surface area contributed by atoms with E-state index in [9.17, 15) is 13.2 Å². The average Bonchev–Trinajstić information content (AvgIpc) is 2.87. The van der Waals surface area contributed by atoms with Crippen molar-refractivity contribution in [2.75, 3.05) is 11.8 Å². The zero-order valence-electron chi connectivity index (χ0n) is 11.7. The van der Waals surface area contributed by atoms with Crippen molar-refractivity contribution in [2.24, 2.45) is 0 Å². The minimum atomic E-state index is -3.66. The summed E-state index contributed by atoms with van der Waals surface area (Å²) >= 11 is 0. The molecule has 0 aliphatic heterocycles. The molecule has 2 rings (SSSR count). The van der Waals surface area contributed by atoms with Gasteiger partial charge in [0.15, 0.2) is 0 Å². The van der Waals surface area contributed by atoms with Crippen LogP contribution in [0.4, 0.5) is 5.69 Å². The molecular formula is C13H16N4O3S. The highest BCUT2D eigenvalue weighted by Crippen LogP contribution is 2.18. The first-order valence-electron chi connectivity index (χ1n) is 6.24. The van der Waals surface area contributed by atoms with Gasteiger partial charge in [-0.15, -0.1) is 0 Å². The molecule has 0 unspecified atom stereocenters. The quantitative estimate of drug-likeness (QED) is 0.760. The molecule has 1 heterocycles. The van der Waals surface area contributed by atoms with Crippen LogP contribution in [0.5, 0.6) is 0 Å². The Balaban J connectivity index is 2.14. The van der Waals surface area contributed by atoms with Crippen molar-refractivity contribution in [1.29, 1.82) is 0 Å². The predicted molar refractivity (Wildman–Crippen MR) is 78.3 cm³/mol. The Kier molecular flexibility index (Phi) is 4.27. The summed E-state index contributed by atoms with van der Waals surface area (Å²) in [6, 6.07) is 6.64. The van der Waals surface area contributed by atoms with E-state index in [4.69, 9.17) is 0 Å². The van der Waals surface area contributed by atoms with Crippen molar-refractivity contribution in [3.63, 3.8) is 0 Å². The number of anilines is 1. The lowest BCUT2D eigenvalue weighted by Gasteiger charge is -2.08. The van der Waals surface area contributed by atoms with Gasteiger partial charge in [0.05, 0.1) is 18.3 Å². The molecule has 0 saturated carbocycles. The number of likely N-dealkylation sites (N-methyl/N-ethyl adjacent to an activating group) is 1. The van der Waals surface area contributed by atoms with E-state index in [-0.39, 0.29) is 17.2 Å². The Hall–Kier alpha value is -2.35. The number of carbonyl (C=O) groups is 1. The van der Waals surface area contributed by atoms with Crippen LogP contribution in [0.3, 0.4) is 0 Å². The van der Waals surface area contributed by atoms with Crippen LogP contribution in [-0.4, -0.2) is 31.6 Å². The third-order valence-electron chi connectivity index (χ3n) is 2.92. The molecule has 3 N–H and O–H groups in total. The summed E-state index contributed by atoms with van der Waals surface area (Å²) in [7, 11) is -2.10. The van der Waals surface area contributed by atoms with Gasteiger partial charge < -0.3 is 5.32 Å². The number of benzene rings is 1. The fraction of sp³-hybridized carbons (Fsp3) is 0.231. The molecule has 2 aromatic rings. The number of rotatable bonds is 5. The third-order valence-corrected chi connectivity index (χ3v) is 4.42. The Morgan fingerprint density at radius 3 is 2.48 bits per heavy atom. The molecule has 1 aromatic carbocycles. The Labute approximate surface area is 122 Å². The normalized spacial score (nSPS) is 11.1. The predicted octanol–water partition coefficient (Wildman–Crippen LogP) is 0.807. The Morgan fingerprint density at radius 2 is 1.95 bits per heavy atom. The smallest absolute Gasteiger partial charge is 0.265 e. The van der Waals surface area contributed by atoms with E-state index < -0.39 is 10.0 Å². The van der Waals surface area contributed by atoms with Crippen LogP contribution >= 0.6 is 0 Å². The molecule has 1 amide bonds. The van der Waals surface area contributed by atoms with Gasteiger partial charge >= 0.3 is 0 Å². The van der Waals surface area contributed by atoms with Gasteiger partial charge in [0.2, 0.25) is 5.91 Å². The molecule has 0 aliphatic rings. The number of sulfonamides is 1. The van der Waals surface area contributed by atoms with Gasteiger partial charge in [-0.2, -0.15) is 5.10 Å². The number of aromatic nitrogens is 2. The summed E-state index contributed by atoms with van der Waals surface area (Å²) in [5.41, 5.74) is 1.70. The molecule has 0 saturated heterocycles. The average molecular weight is 308 g/mol. The molecule has 0 aliphatic carbocycles. The molecule has 0 spiro atoms. The highest BCUT2D eigenvalue weighted by atomic mass is 32.2. The van der Waals surface area contributed by atoms with Crippen molar-refractivity contribution in [3.8, 4) is 0 Å². The van der Waals surface area contributed by atoms with Gasteiger partial charge in [-0.1, -0.05) is 12.1 Å². The second-order valence-electron chi connectivity index (χ2n) is 4.51. The largest absolute Gasteiger partial charge is 0.359 e. The van der Waals surface area contributed by atoms with Crippen molar-refractivity contribution in [2.45, 2.75) is 18.2 Å². The molecule has 0 fully saturated rings. The van der Waals surface area contributed by atoms with E-state index in [2.05, 4.69) is 20.2 Å². The summed E-state index contributed by atoms with van der Waals surface area (Å²) in [5, 5.41) is 8.81. The van der Waals surface area contributed by atoms with Crippen LogP contribution in [0.2, 0.25) is 0 Å². The zero-order chi connectivity index (χ0) is 15.5. The number of carbonyl (C=O) groups excluding carboxylic acids is 1. The lowest BCUT2D eigenvalue weighted by Crippen LogP contribution is -2.19. The highest BCUT2D eigenvalue weighted by Gasteiger charge is 2.18. The molecule has 0 bridgehead atoms. The molecule has 0 atom stereocenters. The summed E-state index contributed by atoms with van der Waals surface area (Å²) in [4.78, 5) is 11.4. The van der Waals surface area contributed by atoms with Gasteiger partial charge in [-0.05, 0) is 24.6 Å². The van der Waals surface area contributed by atoms with Crippen LogP contribution in [0.25, 0.3) is 0 Å². The van der Waals surface area contributed by atoms with Gasteiger partial charge in [0.1, 0.15) is 4.90 Å².